The van der Waals surface area contributed by atoms with Gasteiger partial charge in [-0.2, -0.15) is 0 Å². The largest absolute Gasteiger partial charge is 0.495 e. The number of amides is 1. The Hall–Kier alpha value is -2.45. The van der Waals surface area contributed by atoms with Crippen molar-refractivity contribution in [2.45, 2.75) is 30.3 Å². The van der Waals surface area contributed by atoms with Crippen molar-refractivity contribution < 1.29 is 17.9 Å². The van der Waals surface area contributed by atoms with E-state index in [0.29, 0.717) is 5.69 Å². The van der Waals surface area contributed by atoms with E-state index in [2.05, 4.69) is 15.0 Å². The van der Waals surface area contributed by atoms with Gasteiger partial charge >= 0.3 is 0 Å². The lowest BCUT2D eigenvalue weighted by molar-refractivity contribution is 0.0950. The van der Waals surface area contributed by atoms with Crippen LogP contribution in [0.5, 0.6) is 5.75 Å². The second-order valence-corrected chi connectivity index (χ2v) is 7.45. The van der Waals surface area contributed by atoms with Crippen LogP contribution < -0.4 is 14.8 Å². The predicted octanol–water partition coefficient (Wildman–Crippen LogP) is 1.46. The molecule has 1 aromatic carbocycles. The van der Waals surface area contributed by atoms with E-state index in [4.69, 9.17) is 4.74 Å². The summed E-state index contributed by atoms with van der Waals surface area (Å²) >= 11 is 0. The number of pyridine rings is 1. The van der Waals surface area contributed by atoms with Gasteiger partial charge < -0.3 is 10.1 Å². The lowest BCUT2D eigenvalue weighted by Crippen LogP contribution is -2.27. The first-order valence-corrected chi connectivity index (χ1v) is 9.36. The Labute approximate surface area is 146 Å². The van der Waals surface area contributed by atoms with Gasteiger partial charge in [-0.1, -0.05) is 6.07 Å². The van der Waals surface area contributed by atoms with Gasteiger partial charge in [-0.3, -0.25) is 9.78 Å². The van der Waals surface area contributed by atoms with Crippen molar-refractivity contribution in [2.24, 2.45) is 0 Å². The summed E-state index contributed by atoms with van der Waals surface area (Å²) in [6.07, 6.45) is 3.29. The van der Waals surface area contributed by atoms with E-state index in [9.17, 15) is 13.2 Å². The van der Waals surface area contributed by atoms with Gasteiger partial charge in [0.1, 0.15) is 10.6 Å². The molecule has 2 aromatic rings. The third kappa shape index (κ3) is 4.34. The zero-order valence-corrected chi connectivity index (χ0v) is 14.5. The van der Waals surface area contributed by atoms with Crippen LogP contribution in [0.2, 0.25) is 0 Å². The summed E-state index contributed by atoms with van der Waals surface area (Å²) in [4.78, 5) is 16.4. The van der Waals surface area contributed by atoms with E-state index in [0.717, 1.165) is 12.8 Å². The first-order valence-electron chi connectivity index (χ1n) is 7.88. The lowest BCUT2D eigenvalue weighted by Gasteiger charge is -2.12. The first kappa shape index (κ1) is 17.4. The Balaban J connectivity index is 1.79. The smallest absolute Gasteiger partial charge is 0.251 e. The fraction of sp³-hybridized carbons (Fsp3) is 0.294. The summed E-state index contributed by atoms with van der Waals surface area (Å²) in [6.45, 7) is 0.258. The summed E-state index contributed by atoms with van der Waals surface area (Å²) in [5, 5.41) is 2.73. The van der Waals surface area contributed by atoms with Gasteiger partial charge in [0.25, 0.3) is 5.91 Å². The highest BCUT2D eigenvalue weighted by molar-refractivity contribution is 7.89. The summed E-state index contributed by atoms with van der Waals surface area (Å²) in [5.74, 6) is -0.175. The molecule has 8 heteroatoms. The SMILES string of the molecule is COc1ccc(C(=O)NCc2ccccn2)cc1S(=O)(=O)NC1CC1. The molecule has 1 heterocycles. The first-order chi connectivity index (χ1) is 12.0. The van der Waals surface area contributed by atoms with Crippen LogP contribution in [-0.4, -0.2) is 32.5 Å². The molecule has 1 aromatic heterocycles. The number of nitrogens with one attached hydrogen (secondary N) is 2. The Morgan fingerprint density at radius 1 is 1.28 bits per heavy atom. The Morgan fingerprint density at radius 2 is 2.08 bits per heavy atom. The molecule has 0 bridgehead atoms. The summed E-state index contributed by atoms with van der Waals surface area (Å²) in [7, 11) is -2.34. The van der Waals surface area contributed by atoms with Crippen molar-refractivity contribution in [2.75, 3.05) is 7.11 Å². The monoisotopic (exact) mass is 361 g/mol. The third-order valence-electron chi connectivity index (χ3n) is 3.77. The molecule has 0 aliphatic heterocycles. The highest BCUT2D eigenvalue weighted by atomic mass is 32.2. The second kappa shape index (κ2) is 7.20. The van der Waals surface area contributed by atoms with Crippen LogP contribution in [0, 0.1) is 0 Å². The highest BCUT2D eigenvalue weighted by Gasteiger charge is 2.30. The van der Waals surface area contributed by atoms with Gasteiger partial charge in [-0.25, -0.2) is 13.1 Å². The molecule has 2 N–H and O–H groups in total. The number of methoxy groups -OCH3 is 1. The summed E-state index contributed by atoms with van der Waals surface area (Å²) in [6, 6.07) is 9.73. The lowest BCUT2D eigenvalue weighted by atomic mass is 10.2. The molecule has 0 spiro atoms. The van der Waals surface area contributed by atoms with Crippen molar-refractivity contribution in [3.05, 3.63) is 53.9 Å². The zero-order chi connectivity index (χ0) is 17.9. The minimum atomic E-state index is -3.73. The van der Waals surface area contributed by atoms with E-state index >= 15 is 0 Å². The average Bonchev–Trinajstić information content (AvgIpc) is 3.43. The minimum absolute atomic E-state index is 0.0312. The number of carbonyl (C=O) groups is 1. The van der Waals surface area contributed by atoms with Crippen LogP contribution in [0.4, 0.5) is 0 Å². The summed E-state index contributed by atoms with van der Waals surface area (Å²) < 4.78 is 32.7. The molecule has 25 heavy (non-hydrogen) atoms. The Bertz CT molecular complexity index is 865. The molecule has 3 rings (SSSR count). The molecule has 132 valence electrons. The van der Waals surface area contributed by atoms with Crippen molar-refractivity contribution in [3.8, 4) is 5.75 Å². The molecule has 0 atom stereocenters. The van der Waals surface area contributed by atoms with Crippen molar-refractivity contribution >= 4 is 15.9 Å². The normalized spacial score (nSPS) is 14.1. The van der Waals surface area contributed by atoms with Gasteiger partial charge in [0.05, 0.1) is 19.3 Å². The van der Waals surface area contributed by atoms with Gasteiger partial charge in [-0.05, 0) is 43.2 Å². The highest BCUT2D eigenvalue weighted by Crippen LogP contribution is 2.28. The average molecular weight is 361 g/mol. The molecule has 1 aliphatic rings. The number of nitrogens with zero attached hydrogens (tertiary/aromatic N) is 1. The van der Waals surface area contributed by atoms with Gasteiger partial charge in [-0.15, -0.1) is 0 Å². The molecule has 1 saturated carbocycles. The number of hydrogen-bond acceptors (Lipinski definition) is 5. The fourth-order valence-electron chi connectivity index (χ4n) is 2.29. The summed E-state index contributed by atoms with van der Waals surface area (Å²) in [5.41, 5.74) is 0.959. The maximum Gasteiger partial charge on any atom is 0.251 e. The molecule has 7 nitrogen and oxygen atoms in total. The van der Waals surface area contributed by atoms with Gasteiger partial charge in [0.2, 0.25) is 10.0 Å². The Kier molecular flexibility index (Phi) is 5.00. The minimum Gasteiger partial charge on any atom is -0.495 e. The molecular weight excluding hydrogens is 342 g/mol. The number of rotatable bonds is 7. The topological polar surface area (TPSA) is 97.4 Å². The third-order valence-corrected chi connectivity index (χ3v) is 5.31. The van der Waals surface area contributed by atoms with E-state index in [-0.39, 0.29) is 34.7 Å². The molecule has 0 radical (unpaired) electrons. The van der Waals surface area contributed by atoms with E-state index in [1.807, 2.05) is 6.07 Å². The van der Waals surface area contributed by atoms with Crippen molar-refractivity contribution in [1.29, 1.82) is 0 Å². The van der Waals surface area contributed by atoms with Crippen molar-refractivity contribution in [3.63, 3.8) is 0 Å². The van der Waals surface area contributed by atoms with Crippen LogP contribution in [0.25, 0.3) is 0 Å². The Morgan fingerprint density at radius 3 is 2.72 bits per heavy atom. The van der Waals surface area contributed by atoms with Crippen LogP contribution in [0.1, 0.15) is 28.9 Å². The number of sulfonamides is 1. The number of carbonyl (C=O) groups excluding carboxylic acids is 1. The quantitative estimate of drug-likeness (QED) is 0.778. The molecule has 1 amide bonds. The van der Waals surface area contributed by atoms with Crippen LogP contribution >= 0.6 is 0 Å². The molecule has 1 aliphatic carbocycles. The second-order valence-electron chi connectivity index (χ2n) is 5.76. The van der Waals surface area contributed by atoms with E-state index in [1.54, 1.807) is 18.3 Å². The van der Waals surface area contributed by atoms with E-state index in [1.165, 1.54) is 25.3 Å². The number of ether oxygens (including phenoxy) is 1. The molecule has 0 saturated heterocycles. The van der Waals surface area contributed by atoms with Gasteiger partial charge in [0.15, 0.2) is 0 Å². The number of benzene rings is 1. The van der Waals surface area contributed by atoms with Crippen LogP contribution in [0.15, 0.2) is 47.5 Å². The van der Waals surface area contributed by atoms with E-state index < -0.39 is 10.0 Å². The van der Waals surface area contributed by atoms with Crippen molar-refractivity contribution in [1.82, 2.24) is 15.0 Å². The number of aromatic nitrogens is 1. The zero-order valence-electron chi connectivity index (χ0n) is 13.7. The number of hydrogen-bond donors (Lipinski definition) is 2. The fourth-order valence-corrected chi connectivity index (χ4v) is 3.79. The molecular formula is C17H19N3O4S. The standard InChI is InChI=1S/C17H19N3O4S/c1-24-15-8-5-12(10-16(15)25(22,23)20-13-6-7-13)17(21)19-11-14-4-2-3-9-18-14/h2-5,8-10,13,20H,6-7,11H2,1H3,(H,19,21). The maximum absolute atomic E-state index is 12.5. The maximum atomic E-state index is 12.5. The van der Waals surface area contributed by atoms with Crippen LogP contribution in [-0.2, 0) is 16.6 Å². The van der Waals surface area contributed by atoms with Crippen LogP contribution in [0.3, 0.4) is 0 Å². The molecule has 1 fully saturated rings. The van der Waals surface area contributed by atoms with Gasteiger partial charge in [0, 0.05) is 17.8 Å². The molecule has 0 unspecified atom stereocenters. The predicted molar refractivity (Wildman–Crippen MR) is 91.7 cm³/mol.